The number of pyridine rings is 1. The highest BCUT2D eigenvalue weighted by Crippen LogP contribution is 2.34. The number of nitrogens with zero attached hydrogens (tertiary/aromatic N) is 3. The van der Waals surface area contributed by atoms with Gasteiger partial charge in [-0.05, 0) is 49.9 Å². The third kappa shape index (κ3) is 3.38. The molecule has 1 aromatic carbocycles. The number of nitrogen functional groups attached to an aromatic ring is 1. The number of halogens is 1. The van der Waals surface area contributed by atoms with Crippen molar-refractivity contribution in [2.24, 2.45) is 0 Å². The molecule has 4 rings (SSSR count). The monoisotopic (exact) mass is 381 g/mol. The van der Waals surface area contributed by atoms with Crippen molar-refractivity contribution in [1.29, 1.82) is 0 Å². The zero-order valence-corrected chi connectivity index (χ0v) is 15.4. The van der Waals surface area contributed by atoms with Gasteiger partial charge in [0.1, 0.15) is 11.6 Å². The minimum Gasteiger partial charge on any atom is -0.395 e. The van der Waals surface area contributed by atoms with Gasteiger partial charge in [0.2, 0.25) is 0 Å². The van der Waals surface area contributed by atoms with Gasteiger partial charge in [0.05, 0.1) is 5.69 Å². The van der Waals surface area contributed by atoms with Crippen LogP contribution in [0.15, 0.2) is 30.6 Å². The summed E-state index contributed by atoms with van der Waals surface area (Å²) in [5.41, 5.74) is 7.98. The molecule has 28 heavy (non-hydrogen) atoms. The maximum absolute atomic E-state index is 14.8. The van der Waals surface area contributed by atoms with Gasteiger partial charge in [-0.1, -0.05) is 0 Å². The molecular weight excluding hydrogens is 361 g/mol. The molecule has 1 fully saturated rings. The van der Waals surface area contributed by atoms with Crippen LogP contribution in [0.25, 0.3) is 22.0 Å². The number of benzene rings is 1. The summed E-state index contributed by atoms with van der Waals surface area (Å²) in [5, 5.41) is 11.3. The fourth-order valence-corrected chi connectivity index (χ4v) is 3.35. The maximum atomic E-state index is 14.8. The largest absolute Gasteiger partial charge is 0.395 e. The fraction of sp³-hybridized carbons (Fsp3) is 0.300. The number of carbonyl (C=O) groups is 1. The van der Waals surface area contributed by atoms with E-state index in [1.165, 1.54) is 0 Å². The lowest BCUT2D eigenvalue weighted by molar-refractivity contribution is -0.130. The number of nitrogens with one attached hydrogen (secondary N) is 1. The second-order valence-corrected chi connectivity index (χ2v) is 6.85. The highest BCUT2D eigenvalue weighted by atomic mass is 19.1. The smallest absolute Gasteiger partial charge is 0.254 e. The lowest BCUT2D eigenvalue weighted by atomic mass is 9.99. The van der Waals surface area contributed by atoms with Crippen molar-refractivity contribution < 1.29 is 13.9 Å². The summed E-state index contributed by atoms with van der Waals surface area (Å²) in [6.07, 6.45) is 5.34. The number of amides is 1. The van der Waals surface area contributed by atoms with Gasteiger partial charge in [0.15, 0.2) is 11.6 Å². The van der Waals surface area contributed by atoms with Crippen LogP contribution in [0, 0.1) is 12.7 Å². The van der Waals surface area contributed by atoms with E-state index in [0.29, 0.717) is 29.5 Å². The molecule has 0 spiro atoms. The van der Waals surface area contributed by atoms with Crippen LogP contribution in [0.5, 0.6) is 0 Å². The van der Waals surface area contributed by atoms with E-state index in [-0.39, 0.29) is 22.9 Å². The van der Waals surface area contributed by atoms with Gasteiger partial charge < -0.3 is 15.8 Å². The molecule has 1 amide bonds. The summed E-state index contributed by atoms with van der Waals surface area (Å²) in [5.74, 6) is -0.552. The van der Waals surface area contributed by atoms with E-state index >= 15 is 0 Å². The Kier molecular flexibility index (Phi) is 4.87. The number of rotatable bonds is 3. The van der Waals surface area contributed by atoms with Crippen molar-refractivity contribution in [3.8, 4) is 11.1 Å². The van der Waals surface area contributed by atoms with Crippen LogP contribution in [-0.4, -0.2) is 33.8 Å². The summed E-state index contributed by atoms with van der Waals surface area (Å²) in [6.45, 7) is 2.45. The van der Waals surface area contributed by atoms with E-state index in [1.807, 2.05) is 6.92 Å². The molecule has 1 aliphatic heterocycles. The Morgan fingerprint density at radius 1 is 1.29 bits per heavy atom. The van der Waals surface area contributed by atoms with Crippen LogP contribution in [0.2, 0.25) is 0 Å². The standard InChI is InChI=1S/C20H20FN5O2/c1-11-5-6-23-10-14(11)13-8-12-9-16(25-26-19(12)18(22)17(13)21)24-20(27)15-4-2-3-7-28-15/h5-6,8-10,15H,2-4,7,22H2,1H3,(H,24,25,27). The predicted molar refractivity (Wildman–Crippen MR) is 104 cm³/mol. The molecule has 3 aromatic rings. The molecule has 2 aromatic heterocycles. The predicted octanol–water partition coefficient (Wildman–Crippen LogP) is 3.23. The third-order valence-corrected chi connectivity index (χ3v) is 4.90. The van der Waals surface area contributed by atoms with E-state index in [9.17, 15) is 9.18 Å². The lowest BCUT2D eigenvalue weighted by Gasteiger charge is -2.21. The minimum absolute atomic E-state index is 0.0863. The molecule has 1 atom stereocenters. The molecule has 0 bridgehead atoms. The van der Waals surface area contributed by atoms with E-state index in [2.05, 4.69) is 20.5 Å². The lowest BCUT2D eigenvalue weighted by Crippen LogP contribution is -2.33. The highest BCUT2D eigenvalue weighted by Gasteiger charge is 2.23. The van der Waals surface area contributed by atoms with Crippen molar-refractivity contribution in [3.05, 3.63) is 42.0 Å². The fourth-order valence-electron chi connectivity index (χ4n) is 3.35. The van der Waals surface area contributed by atoms with Crippen LogP contribution in [0.1, 0.15) is 24.8 Å². The molecule has 0 radical (unpaired) electrons. The number of nitrogens with two attached hydrogens (primary N) is 1. The van der Waals surface area contributed by atoms with Crippen LogP contribution in [-0.2, 0) is 9.53 Å². The Hall–Kier alpha value is -3.13. The summed E-state index contributed by atoms with van der Waals surface area (Å²) in [7, 11) is 0. The van der Waals surface area contributed by atoms with Crippen molar-refractivity contribution in [2.45, 2.75) is 32.3 Å². The molecule has 0 saturated carbocycles. The zero-order chi connectivity index (χ0) is 19.7. The third-order valence-electron chi connectivity index (χ3n) is 4.90. The van der Waals surface area contributed by atoms with Crippen molar-refractivity contribution >= 4 is 28.3 Å². The SMILES string of the molecule is Cc1ccncc1-c1cc2cc(NC(=O)C3CCCCO3)nnc2c(N)c1F. The first-order valence-electron chi connectivity index (χ1n) is 9.13. The second-order valence-electron chi connectivity index (χ2n) is 6.85. The van der Waals surface area contributed by atoms with Gasteiger partial charge in [0.25, 0.3) is 5.91 Å². The normalized spacial score (nSPS) is 16.9. The average molecular weight is 381 g/mol. The quantitative estimate of drug-likeness (QED) is 0.675. The molecule has 3 N–H and O–H groups in total. The first kappa shape index (κ1) is 18.2. The van der Waals surface area contributed by atoms with Crippen molar-refractivity contribution in [2.75, 3.05) is 17.7 Å². The van der Waals surface area contributed by atoms with Gasteiger partial charge in [0, 0.05) is 35.5 Å². The Morgan fingerprint density at radius 2 is 2.14 bits per heavy atom. The number of hydrogen-bond acceptors (Lipinski definition) is 6. The number of ether oxygens (including phenoxy) is 1. The molecule has 1 aliphatic rings. The average Bonchev–Trinajstić information content (AvgIpc) is 2.72. The topological polar surface area (TPSA) is 103 Å². The molecule has 3 heterocycles. The second kappa shape index (κ2) is 7.47. The van der Waals surface area contributed by atoms with E-state index in [0.717, 1.165) is 18.4 Å². The molecular formula is C20H20FN5O2. The maximum Gasteiger partial charge on any atom is 0.254 e. The van der Waals surface area contributed by atoms with Gasteiger partial charge >= 0.3 is 0 Å². The Bertz CT molecular complexity index is 1050. The number of anilines is 2. The van der Waals surface area contributed by atoms with Crippen LogP contribution in [0.4, 0.5) is 15.9 Å². The summed E-state index contributed by atoms with van der Waals surface area (Å²) >= 11 is 0. The number of hydrogen-bond donors (Lipinski definition) is 2. The summed E-state index contributed by atoms with van der Waals surface area (Å²) in [6, 6.07) is 5.08. The summed E-state index contributed by atoms with van der Waals surface area (Å²) in [4.78, 5) is 16.4. The van der Waals surface area contributed by atoms with Gasteiger partial charge in [-0.25, -0.2) is 4.39 Å². The van der Waals surface area contributed by atoms with E-state index in [4.69, 9.17) is 10.5 Å². The van der Waals surface area contributed by atoms with Crippen LogP contribution >= 0.6 is 0 Å². The molecule has 144 valence electrons. The van der Waals surface area contributed by atoms with Crippen LogP contribution < -0.4 is 11.1 Å². The van der Waals surface area contributed by atoms with E-state index in [1.54, 1.807) is 30.6 Å². The molecule has 1 unspecified atom stereocenters. The molecule has 8 heteroatoms. The first-order valence-corrected chi connectivity index (χ1v) is 9.13. The Labute approximate surface area is 161 Å². The highest BCUT2D eigenvalue weighted by molar-refractivity contribution is 5.98. The number of aromatic nitrogens is 3. The Balaban J connectivity index is 1.71. The number of carbonyl (C=O) groups excluding carboxylic acids is 1. The summed E-state index contributed by atoms with van der Waals surface area (Å²) < 4.78 is 20.3. The molecule has 7 nitrogen and oxygen atoms in total. The van der Waals surface area contributed by atoms with Gasteiger partial charge in [-0.15, -0.1) is 10.2 Å². The van der Waals surface area contributed by atoms with Crippen molar-refractivity contribution in [3.63, 3.8) is 0 Å². The van der Waals surface area contributed by atoms with Crippen molar-refractivity contribution in [1.82, 2.24) is 15.2 Å². The van der Waals surface area contributed by atoms with E-state index < -0.39 is 11.9 Å². The Morgan fingerprint density at radius 3 is 2.89 bits per heavy atom. The molecule has 1 saturated heterocycles. The molecule has 0 aliphatic carbocycles. The van der Waals surface area contributed by atoms with Gasteiger partial charge in [-0.2, -0.15) is 0 Å². The van der Waals surface area contributed by atoms with Gasteiger partial charge in [-0.3, -0.25) is 9.78 Å². The number of fused-ring (bicyclic) bond motifs is 1. The zero-order valence-electron chi connectivity index (χ0n) is 15.4. The number of aryl methyl sites for hydroxylation is 1. The minimum atomic E-state index is -0.565. The first-order chi connectivity index (χ1) is 13.5. The van der Waals surface area contributed by atoms with Crippen LogP contribution in [0.3, 0.4) is 0 Å².